The van der Waals surface area contributed by atoms with Crippen molar-refractivity contribution in [1.29, 1.82) is 0 Å². The highest BCUT2D eigenvalue weighted by atomic mass is 16.7. The number of amides is 1. The first-order valence-electron chi connectivity index (χ1n) is 6.34. The molecule has 21 heavy (non-hydrogen) atoms. The number of carbonyl (C=O) groups is 2. The van der Waals surface area contributed by atoms with Crippen molar-refractivity contribution in [3.63, 3.8) is 0 Å². The number of hydrogen-bond donors (Lipinski definition) is 0. The fourth-order valence-corrected chi connectivity index (χ4v) is 2.61. The summed E-state index contributed by atoms with van der Waals surface area (Å²) in [4.78, 5) is 35.5. The van der Waals surface area contributed by atoms with E-state index in [1.165, 1.54) is 30.0 Å². The Morgan fingerprint density at radius 3 is 2.67 bits per heavy atom. The van der Waals surface area contributed by atoms with Gasteiger partial charge in [0, 0.05) is 12.1 Å². The molecule has 1 amide bonds. The SMILES string of the molecule is CC(=O)CN1C(=O)C2(OCCO2)c2cc([N+](=O)[O-])ccc21. The first-order chi connectivity index (χ1) is 9.95. The summed E-state index contributed by atoms with van der Waals surface area (Å²) in [5.74, 6) is -2.38. The van der Waals surface area contributed by atoms with Gasteiger partial charge in [-0.15, -0.1) is 0 Å². The maximum absolute atomic E-state index is 12.6. The molecule has 8 nitrogen and oxygen atoms in total. The fourth-order valence-electron chi connectivity index (χ4n) is 2.61. The molecule has 1 aromatic rings. The van der Waals surface area contributed by atoms with Gasteiger partial charge in [0.05, 0.1) is 35.9 Å². The largest absolute Gasteiger partial charge is 0.336 e. The zero-order valence-electron chi connectivity index (χ0n) is 11.2. The van der Waals surface area contributed by atoms with Crippen molar-refractivity contribution in [3.8, 4) is 0 Å². The van der Waals surface area contributed by atoms with Gasteiger partial charge < -0.3 is 9.47 Å². The third kappa shape index (κ3) is 1.91. The van der Waals surface area contributed by atoms with Gasteiger partial charge in [-0.1, -0.05) is 0 Å². The van der Waals surface area contributed by atoms with E-state index >= 15 is 0 Å². The molecule has 0 bridgehead atoms. The van der Waals surface area contributed by atoms with Gasteiger partial charge in [0.1, 0.15) is 5.78 Å². The summed E-state index contributed by atoms with van der Waals surface area (Å²) in [6, 6.07) is 3.99. The number of non-ortho nitro benzene ring substituents is 1. The second-order valence-corrected chi connectivity index (χ2v) is 4.87. The predicted octanol–water partition coefficient (Wildman–Crippen LogP) is 0.730. The highest BCUT2D eigenvalue weighted by Gasteiger charge is 2.56. The van der Waals surface area contributed by atoms with E-state index in [9.17, 15) is 19.7 Å². The Morgan fingerprint density at radius 1 is 1.43 bits per heavy atom. The van der Waals surface area contributed by atoms with Crippen LogP contribution < -0.4 is 4.90 Å². The van der Waals surface area contributed by atoms with Gasteiger partial charge in [-0.05, 0) is 13.0 Å². The van der Waals surface area contributed by atoms with Crippen molar-refractivity contribution in [3.05, 3.63) is 33.9 Å². The van der Waals surface area contributed by atoms with E-state index in [4.69, 9.17) is 9.47 Å². The number of nitro groups is 1. The number of Topliss-reactive ketones (excluding diaryl/α,β-unsaturated/α-hetero) is 1. The Hall–Kier alpha value is -2.32. The molecule has 1 spiro atoms. The van der Waals surface area contributed by atoms with Crippen molar-refractivity contribution in [2.24, 2.45) is 0 Å². The molecule has 2 heterocycles. The monoisotopic (exact) mass is 292 g/mol. The van der Waals surface area contributed by atoms with Gasteiger partial charge in [-0.2, -0.15) is 0 Å². The van der Waals surface area contributed by atoms with Crippen molar-refractivity contribution < 1.29 is 24.0 Å². The predicted molar refractivity (Wildman–Crippen MR) is 69.7 cm³/mol. The Balaban J connectivity index is 2.15. The lowest BCUT2D eigenvalue weighted by molar-refractivity contribution is -0.385. The van der Waals surface area contributed by atoms with Crippen LogP contribution in [0.5, 0.6) is 0 Å². The van der Waals surface area contributed by atoms with Gasteiger partial charge in [-0.25, -0.2) is 0 Å². The second-order valence-electron chi connectivity index (χ2n) is 4.87. The molecule has 2 aliphatic rings. The topological polar surface area (TPSA) is 99.0 Å². The standard InChI is InChI=1S/C13H12N2O6/c1-8(16)7-14-11-3-2-9(15(18)19)6-10(11)13(12(14)17)20-4-5-21-13/h2-3,6H,4-5,7H2,1H3. The number of rotatable bonds is 3. The molecule has 3 rings (SSSR count). The Bertz CT molecular complexity index is 650. The maximum atomic E-state index is 12.6. The van der Waals surface area contributed by atoms with Crippen LogP contribution in [-0.2, 0) is 24.8 Å². The van der Waals surface area contributed by atoms with E-state index in [-0.39, 0.29) is 36.8 Å². The molecule has 0 aliphatic carbocycles. The van der Waals surface area contributed by atoms with E-state index in [2.05, 4.69) is 0 Å². The zero-order valence-corrected chi connectivity index (χ0v) is 11.2. The molecule has 8 heteroatoms. The Labute approximate surface area is 119 Å². The molecule has 0 saturated carbocycles. The third-order valence-electron chi connectivity index (χ3n) is 3.44. The van der Waals surface area contributed by atoms with Crippen molar-refractivity contribution in [2.45, 2.75) is 12.7 Å². The average Bonchev–Trinajstić information content (AvgIpc) is 3.00. The van der Waals surface area contributed by atoms with Crippen LogP contribution in [-0.4, -0.2) is 36.4 Å². The minimum atomic E-state index is -1.66. The molecular weight excluding hydrogens is 280 g/mol. The number of hydrogen-bond acceptors (Lipinski definition) is 6. The summed E-state index contributed by atoms with van der Waals surface area (Å²) < 4.78 is 10.9. The smallest absolute Gasteiger partial charge is 0.292 e. The lowest BCUT2D eigenvalue weighted by Gasteiger charge is -2.21. The van der Waals surface area contributed by atoms with Crippen LogP contribution in [0.3, 0.4) is 0 Å². The molecule has 1 aromatic carbocycles. The molecule has 0 N–H and O–H groups in total. The van der Waals surface area contributed by atoms with Crippen LogP contribution in [0.15, 0.2) is 18.2 Å². The zero-order chi connectivity index (χ0) is 15.2. The van der Waals surface area contributed by atoms with Gasteiger partial charge in [-0.3, -0.25) is 24.6 Å². The van der Waals surface area contributed by atoms with Crippen LogP contribution in [0.4, 0.5) is 11.4 Å². The van der Waals surface area contributed by atoms with Crippen LogP contribution in [0.1, 0.15) is 12.5 Å². The van der Waals surface area contributed by atoms with E-state index < -0.39 is 16.6 Å². The lowest BCUT2D eigenvalue weighted by Crippen LogP contribution is -2.42. The Morgan fingerprint density at radius 2 is 2.10 bits per heavy atom. The Kier molecular flexibility index (Phi) is 2.99. The first-order valence-corrected chi connectivity index (χ1v) is 6.34. The molecule has 0 unspecified atom stereocenters. The lowest BCUT2D eigenvalue weighted by atomic mass is 10.1. The second kappa shape index (κ2) is 4.61. The normalized spacial score (nSPS) is 19.1. The molecule has 0 atom stereocenters. The fraction of sp³-hybridized carbons (Fsp3) is 0.385. The molecule has 2 aliphatic heterocycles. The highest BCUT2D eigenvalue weighted by Crippen LogP contribution is 2.46. The van der Waals surface area contributed by atoms with Crippen LogP contribution >= 0.6 is 0 Å². The summed E-state index contributed by atoms with van der Waals surface area (Å²) in [5, 5.41) is 10.9. The van der Waals surface area contributed by atoms with Crippen molar-refractivity contribution >= 4 is 23.1 Å². The van der Waals surface area contributed by atoms with Gasteiger partial charge in [0.15, 0.2) is 0 Å². The van der Waals surface area contributed by atoms with Crippen molar-refractivity contribution in [2.75, 3.05) is 24.7 Å². The quantitative estimate of drug-likeness (QED) is 0.601. The third-order valence-corrected chi connectivity index (χ3v) is 3.44. The first kappa shape index (κ1) is 13.7. The molecule has 0 radical (unpaired) electrons. The van der Waals surface area contributed by atoms with E-state index in [0.29, 0.717) is 5.69 Å². The van der Waals surface area contributed by atoms with Gasteiger partial charge in [0.25, 0.3) is 17.4 Å². The number of carbonyl (C=O) groups excluding carboxylic acids is 2. The van der Waals surface area contributed by atoms with Crippen LogP contribution in [0, 0.1) is 10.1 Å². The van der Waals surface area contributed by atoms with E-state index in [1.807, 2.05) is 0 Å². The number of ketones is 1. The summed E-state index contributed by atoms with van der Waals surface area (Å²) in [6.07, 6.45) is 0. The minimum Gasteiger partial charge on any atom is -0.336 e. The molecule has 110 valence electrons. The molecule has 0 aromatic heterocycles. The van der Waals surface area contributed by atoms with E-state index in [1.54, 1.807) is 0 Å². The number of nitro benzene ring substituents is 1. The molecular formula is C13H12N2O6. The summed E-state index contributed by atoms with van der Waals surface area (Å²) in [6.45, 7) is 1.65. The molecule has 1 fully saturated rings. The highest BCUT2D eigenvalue weighted by molar-refractivity contribution is 6.09. The molecule has 1 saturated heterocycles. The van der Waals surface area contributed by atoms with Gasteiger partial charge in [0.2, 0.25) is 0 Å². The minimum absolute atomic E-state index is 0.127. The average molecular weight is 292 g/mol. The summed E-state index contributed by atoms with van der Waals surface area (Å²) in [5.41, 5.74) is 0.521. The van der Waals surface area contributed by atoms with E-state index in [0.717, 1.165) is 0 Å². The number of nitrogens with zero attached hydrogens (tertiary/aromatic N) is 2. The number of anilines is 1. The number of ether oxygens (including phenoxy) is 2. The van der Waals surface area contributed by atoms with Crippen LogP contribution in [0.25, 0.3) is 0 Å². The maximum Gasteiger partial charge on any atom is 0.292 e. The summed E-state index contributed by atoms with van der Waals surface area (Å²) in [7, 11) is 0. The van der Waals surface area contributed by atoms with Gasteiger partial charge >= 0.3 is 0 Å². The van der Waals surface area contributed by atoms with Crippen molar-refractivity contribution in [1.82, 2.24) is 0 Å². The van der Waals surface area contributed by atoms with Crippen LogP contribution in [0.2, 0.25) is 0 Å². The number of benzene rings is 1. The summed E-state index contributed by atoms with van der Waals surface area (Å²) >= 11 is 0. The number of fused-ring (bicyclic) bond motifs is 2.